The summed E-state index contributed by atoms with van der Waals surface area (Å²) >= 11 is 3.29. The predicted octanol–water partition coefficient (Wildman–Crippen LogP) is 2.29. The van der Waals surface area contributed by atoms with E-state index in [1.165, 1.54) is 12.1 Å². The third kappa shape index (κ3) is 2.63. The summed E-state index contributed by atoms with van der Waals surface area (Å²) in [6.07, 6.45) is 0.901. The molecule has 1 unspecified atom stereocenters. The van der Waals surface area contributed by atoms with Crippen LogP contribution in [0.3, 0.4) is 0 Å². The summed E-state index contributed by atoms with van der Waals surface area (Å²) in [5, 5.41) is 5.77. The van der Waals surface area contributed by atoms with E-state index in [4.69, 9.17) is 0 Å². The lowest BCUT2D eigenvalue weighted by Crippen LogP contribution is -2.41. The van der Waals surface area contributed by atoms with Gasteiger partial charge in [-0.05, 0) is 25.5 Å². The summed E-state index contributed by atoms with van der Waals surface area (Å²) in [5.74, 6) is -0.0854. The first-order valence-electron chi connectivity index (χ1n) is 6.07. The van der Waals surface area contributed by atoms with Crippen molar-refractivity contribution in [1.82, 2.24) is 10.6 Å². The molecule has 1 atom stereocenters. The normalized spacial score (nSPS) is 24.4. The summed E-state index contributed by atoms with van der Waals surface area (Å²) in [5.41, 5.74) is -0.271. The fourth-order valence-corrected chi connectivity index (χ4v) is 2.69. The topological polar surface area (TPSA) is 53.5 Å². The van der Waals surface area contributed by atoms with Crippen molar-refractivity contribution in [2.45, 2.75) is 25.8 Å². The Morgan fingerprint density at radius 2 is 2.21 bits per heavy atom. The molecular weight excluding hydrogens is 313 g/mol. The van der Waals surface area contributed by atoms with Crippen molar-refractivity contribution >= 4 is 27.8 Å². The van der Waals surface area contributed by atoms with E-state index in [0.29, 0.717) is 22.5 Å². The molecule has 19 heavy (non-hydrogen) atoms. The lowest BCUT2D eigenvalue weighted by atomic mass is 9.92. The average molecular weight is 328 g/mol. The Morgan fingerprint density at radius 3 is 2.84 bits per heavy atom. The van der Waals surface area contributed by atoms with Crippen molar-refractivity contribution in [2.75, 3.05) is 6.54 Å². The Balaban J connectivity index is 2.35. The fraction of sp³-hybridized carbons (Fsp3) is 0.385. The SMILES string of the molecule is CCCN=C1NC(=O)C(C)(c2ccc(F)cc2Br)N1. The molecule has 0 aliphatic carbocycles. The van der Waals surface area contributed by atoms with Crippen LogP contribution in [0.25, 0.3) is 0 Å². The van der Waals surface area contributed by atoms with E-state index in [1.54, 1.807) is 13.0 Å². The van der Waals surface area contributed by atoms with Gasteiger partial charge in [0.25, 0.3) is 5.91 Å². The molecule has 1 aromatic carbocycles. The van der Waals surface area contributed by atoms with Gasteiger partial charge in [-0.2, -0.15) is 0 Å². The van der Waals surface area contributed by atoms with Crippen molar-refractivity contribution < 1.29 is 9.18 Å². The molecule has 1 saturated heterocycles. The van der Waals surface area contributed by atoms with Crippen LogP contribution in [0.2, 0.25) is 0 Å². The third-order valence-corrected chi connectivity index (χ3v) is 3.67. The Hall–Kier alpha value is -1.43. The summed E-state index contributed by atoms with van der Waals surface area (Å²) in [6.45, 7) is 4.40. The number of hydrogen-bond acceptors (Lipinski definition) is 2. The molecule has 1 aliphatic rings. The Labute approximate surface area is 119 Å². The van der Waals surface area contributed by atoms with E-state index in [0.717, 1.165) is 6.42 Å². The first-order chi connectivity index (χ1) is 8.97. The molecule has 0 radical (unpaired) electrons. The van der Waals surface area contributed by atoms with Crippen LogP contribution in [0.1, 0.15) is 25.8 Å². The standard InChI is InChI=1S/C13H15BrFN3O/c1-3-6-16-12-17-11(19)13(2,18-12)9-5-4-8(15)7-10(9)14/h4-5,7H,3,6H2,1-2H3,(H2,16,17,18,19). The Bertz CT molecular complexity index is 547. The summed E-state index contributed by atoms with van der Waals surface area (Å²) in [6, 6.07) is 4.27. The first kappa shape index (κ1) is 14.0. The molecule has 1 aliphatic heterocycles. The van der Waals surface area contributed by atoms with Gasteiger partial charge in [0.05, 0.1) is 0 Å². The van der Waals surface area contributed by atoms with Crippen molar-refractivity contribution in [2.24, 2.45) is 4.99 Å². The van der Waals surface area contributed by atoms with Gasteiger partial charge in [-0.1, -0.05) is 28.9 Å². The van der Waals surface area contributed by atoms with Crippen LogP contribution in [0.15, 0.2) is 27.7 Å². The van der Waals surface area contributed by atoms with Gasteiger partial charge in [-0.15, -0.1) is 0 Å². The maximum Gasteiger partial charge on any atom is 0.256 e. The molecule has 0 aromatic heterocycles. The van der Waals surface area contributed by atoms with E-state index in [2.05, 4.69) is 31.6 Å². The number of guanidine groups is 1. The van der Waals surface area contributed by atoms with Crippen LogP contribution in [0, 0.1) is 5.82 Å². The third-order valence-electron chi connectivity index (χ3n) is 3.02. The van der Waals surface area contributed by atoms with Crippen LogP contribution in [-0.2, 0) is 10.3 Å². The van der Waals surface area contributed by atoms with Crippen LogP contribution in [0.5, 0.6) is 0 Å². The van der Waals surface area contributed by atoms with Gasteiger partial charge in [0, 0.05) is 16.6 Å². The molecule has 1 aromatic rings. The Morgan fingerprint density at radius 1 is 1.47 bits per heavy atom. The number of rotatable bonds is 3. The molecule has 2 N–H and O–H groups in total. The monoisotopic (exact) mass is 327 g/mol. The van der Waals surface area contributed by atoms with Gasteiger partial charge < -0.3 is 5.32 Å². The number of amides is 1. The number of benzene rings is 1. The van der Waals surface area contributed by atoms with E-state index < -0.39 is 5.54 Å². The van der Waals surface area contributed by atoms with Gasteiger partial charge in [0.2, 0.25) is 0 Å². The van der Waals surface area contributed by atoms with Crippen molar-refractivity contribution in [3.63, 3.8) is 0 Å². The maximum atomic E-state index is 13.1. The number of nitrogens with zero attached hydrogens (tertiary/aromatic N) is 1. The minimum absolute atomic E-state index is 0.199. The highest BCUT2D eigenvalue weighted by Crippen LogP contribution is 2.31. The molecule has 0 saturated carbocycles. The highest BCUT2D eigenvalue weighted by atomic mass is 79.9. The number of carbonyl (C=O) groups excluding carboxylic acids is 1. The molecule has 1 fully saturated rings. The van der Waals surface area contributed by atoms with Gasteiger partial charge in [0.1, 0.15) is 11.4 Å². The average Bonchev–Trinajstić information content (AvgIpc) is 2.63. The number of halogens is 2. The van der Waals surface area contributed by atoms with Crippen LogP contribution in [0.4, 0.5) is 4.39 Å². The van der Waals surface area contributed by atoms with E-state index >= 15 is 0 Å². The molecule has 6 heteroatoms. The zero-order valence-electron chi connectivity index (χ0n) is 10.8. The van der Waals surface area contributed by atoms with Crippen molar-refractivity contribution in [3.8, 4) is 0 Å². The van der Waals surface area contributed by atoms with Gasteiger partial charge in [-0.3, -0.25) is 15.1 Å². The molecule has 4 nitrogen and oxygen atoms in total. The molecular formula is C13H15BrFN3O. The van der Waals surface area contributed by atoms with Gasteiger partial charge in [0.15, 0.2) is 5.96 Å². The van der Waals surface area contributed by atoms with Crippen LogP contribution >= 0.6 is 15.9 Å². The Kier molecular flexibility index (Phi) is 3.89. The lowest BCUT2D eigenvalue weighted by Gasteiger charge is -2.23. The van der Waals surface area contributed by atoms with Gasteiger partial charge in [-0.25, -0.2) is 4.39 Å². The second-order valence-corrected chi connectivity index (χ2v) is 5.41. The molecule has 1 heterocycles. The van der Waals surface area contributed by atoms with Crippen LogP contribution in [-0.4, -0.2) is 18.4 Å². The summed E-state index contributed by atoms with van der Waals surface area (Å²) in [4.78, 5) is 16.4. The highest BCUT2D eigenvalue weighted by molar-refractivity contribution is 9.10. The minimum Gasteiger partial charge on any atom is -0.338 e. The maximum absolute atomic E-state index is 13.1. The number of hydrogen-bond donors (Lipinski definition) is 2. The van der Waals surface area contributed by atoms with E-state index in [1.807, 2.05) is 6.92 Å². The number of carbonyl (C=O) groups is 1. The smallest absolute Gasteiger partial charge is 0.256 e. The predicted molar refractivity (Wildman–Crippen MR) is 75.3 cm³/mol. The quantitative estimate of drug-likeness (QED) is 0.894. The highest BCUT2D eigenvalue weighted by Gasteiger charge is 2.43. The lowest BCUT2D eigenvalue weighted by molar-refractivity contribution is -0.123. The van der Waals surface area contributed by atoms with E-state index in [9.17, 15) is 9.18 Å². The molecule has 0 bridgehead atoms. The largest absolute Gasteiger partial charge is 0.338 e. The zero-order valence-corrected chi connectivity index (χ0v) is 12.3. The molecule has 1 amide bonds. The fourth-order valence-electron chi connectivity index (χ4n) is 1.94. The minimum atomic E-state index is -0.945. The second kappa shape index (κ2) is 5.28. The molecule has 0 spiro atoms. The van der Waals surface area contributed by atoms with Crippen molar-refractivity contribution in [3.05, 3.63) is 34.1 Å². The first-order valence-corrected chi connectivity index (χ1v) is 6.86. The van der Waals surface area contributed by atoms with Crippen molar-refractivity contribution in [1.29, 1.82) is 0 Å². The second-order valence-electron chi connectivity index (χ2n) is 4.56. The van der Waals surface area contributed by atoms with Crippen LogP contribution < -0.4 is 10.6 Å². The molecule has 2 rings (SSSR count). The number of nitrogens with one attached hydrogen (secondary N) is 2. The number of aliphatic imine (C=N–C) groups is 1. The van der Waals surface area contributed by atoms with E-state index in [-0.39, 0.29) is 11.7 Å². The zero-order chi connectivity index (χ0) is 14.0. The van der Waals surface area contributed by atoms with Gasteiger partial charge >= 0.3 is 0 Å². The molecule has 102 valence electrons. The summed E-state index contributed by atoms with van der Waals surface area (Å²) in [7, 11) is 0. The summed E-state index contributed by atoms with van der Waals surface area (Å²) < 4.78 is 13.7.